The Morgan fingerprint density at radius 2 is 1.80 bits per heavy atom. The molecule has 154 valence electrons. The Morgan fingerprint density at radius 1 is 1.13 bits per heavy atom. The van der Waals surface area contributed by atoms with Crippen LogP contribution in [0.15, 0.2) is 64.2 Å². The Labute approximate surface area is 197 Å². The summed E-state index contributed by atoms with van der Waals surface area (Å²) in [5, 5.41) is 13.8. The first-order chi connectivity index (χ1) is 14.3. The molecule has 0 heterocycles. The number of amides is 1. The van der Waals surface area contributed by atoms with Crippen molar-refractivity contribution in [2.45, 2.75) is 20.5 Å². The maximum Gasteiger partial charge on any atom is 0.271 e. The first kappa shape index (κ1) is 22.3. The van der Waals surface area contributed by atoms with Gasteiger partial charge in [0.05, 0.1) is 9.78 Å². The van der Waals surface area contributed by atoms with E-state index in [0.717, 1.165) is 32.5 Å². The molecule has 0 aromatic heterocycles. The Kier molecular flexibility index (Phi) is 7.49. The van der Waals surface area contributed by atoms with Gasteiger partial charge in [-0.15, -0.1) is 0 Å². The Bertz CT molecular complexity index is 1080. The third-order valence-corrected chi connectivity index (χ3v) is 5.81. The number of hydrogen-bond acceptors (Lipinski definition) is 4. The number of carbonyl (C=O) groups is 1. The monoisotopic (exact) mass is 578 g/mol. The fraction of sp³-hybridized carbons (Fsp3) is 0.130. The number of ether oxygens (including phenoxy) is 1. The van der Waals surface area contributed by atoms with E-state index >= 15 is 0 Å². The van der Waals surface area contributed by atoms with Crippen LogP contribution in [0.5, 0.6) is 11.5 Å². The molecule has 0 aliphatic heterocycles. The quantitative estimate of drug-likeness (QED) is 0.223. The molecule has 0 atom stereocenters. The minimum absolute atomic E-state index is 0.0669. The van der Waals surface area contributed by atoms with Gasteiger partial charge in [-0.25, -0.2) is 5.43 Å². The number of aromatic hydroxyl groups is 1. The molecule has 5 nitrogen and oxygen atoms in total. The second-order valence-corrected chi connectivity index (χ2v) is 8.84. The maximum absolute atomic E-state index is 12.2. The highest BCUT2D eigenvalue weighted by Gasteiger charge is 2.08. The van der Waals surface area contributed by atoms with E-state index in [-0.39, 0.29) is 11.7 Å². The molecular weight excluding hydrogens is 559 g/mol. The fourth-order valence-electron chi connectivity index (χ4n) is 2.91. The van der Waals surface area contributed by atoms with E-state index in [1.165, 1.54) is 6.07 Å². The zero-order valence-corrected chi connectivity index (χ0v) is 20.2. The molecule has 2 N–H and O–H groups in total. The van der Waals surface area contributed by atoms with Crippen molar-refractivity contribution < 1.29 is 14.6 Å². The number of nitrogens with one attached hydrogen (secondary N) is 1. The number of phenolic OH excluding ortho intramolecular Hbond substituents is 1. The fourth-order valence-corrected chi connectivity index (χ4v) is 3.51. The molecule has 0 aliphatic rings. The summed E-state index contributed by atoms with van der Waals surface area (Å²) >= 11 is 5.43. The average molecular weight is 579 g/mol. The molecule has 0 saturated heterocycles. The predicted molar refractivity (Wildman–Crippen MR) is 130 cm³/mol. The van der Waals surface area contributed by atoms with Crippen molar-refractivity contribution in [2.75, 3.05) is 0 Å². The Morgan fingerprint density at radius 3 is 2.43 bits per heavy atom. The highest BCUT2D eigenvalue weighted by atomic mass is 127. The van der Waals surface area contributed by atoms with Crippen LogP contribution in [0, 0.1) is 17.4 Å². The van der Waals surface area contributed by atoms with E-state index in [0.29, 0.717) is 15.7 Å². The van der Waals surface area contributed by atoms with Crippen LogP contribution in [0.3, 0.4) is 0 Å². The Hall–Kier alpha value is -2.39. The number of hydrogen-bond donors (Lipinski definition) is 2. The first-order valence-corrected chi connectivity index (χ1v) is 11.0. The number of carbonyl (C=O) groups excluding carboxylic acids is 1. The summed E-state index contributed by atoms with van der Waals surface area (Å²) in [4.78, 5) is 12.2. The van der Waals surface area contributed by atoms with Gasteiger partial charge in [0, 0.05) is 10.0 Å². The zero-order chi connectivity index (χ0) is 21.7. The molecule has 30 heavy (non-hydrogen) atoms. The number of benzene rings is 3. The highest BCUT2D eigenvalue weighted by Crippen LogP contribution is 2.25. The summed E-state index contributed by atoms with van der Waals surface area (Å²) in [6.07, 6.45) is 1.59. The molecule has 3 rings (SSSR count). The van der Waals surface area contributed by atoms with Crippen LogP contribution in [0.4, 0.5) is 0 Å². The van der Waals surface area contributed by atoms with E-state index in [1.807, 2.05) is 72.8 Å². The van der Waals surface area contributed by atoms with E-state index in [4.69, 9.17) is 4.74 Å². The van der Waals surface area contributed by atoms with E-state index in [1.54, 1.807) is 18.3 Å². The van der Waals surface area contributed by atoms with Gasteiger partial charge in [-0.05, 0) is 101 Å². The summed E-state index contributed by atoms with van der Waals surface area (Å²) in [7, 11) is 0. The van der Waals surface area contributed by atoms with Crippen LogP contribution in [-0.2, 0) is 6.61 Å². The van der Waals surface area contributed by atoms with Crippen molar-refractivity contribution in [3.8, 4) is 11.5 Å². The molecule has 3 aromatic carbocycles. The SMILES string of the molecule is Cc1cc(/C=N\NC(=O)c2ccc(I)c(O)c2)cc(C)c1OCc1ccc(Br)cc1. The van der Waals surface area contributed by atoms with Crippen LogP contribution in [0.2, 0.25) is 0 Å². The molecule has 0 spiro atoms. The minimum Gasteiger partial charge on any atom is -0.507 e. The van der Waals surface area contributed by atoms with Crippen LogP contribution >= 0.6 is 38.5 Å². The Balaban J connectivity index is 1.64. The number of rotatable bonds is 6. The van der Waals surface area contributed by atoms with Crippen molar-refractivity contribution in [3.63, 3.8) is 0 Å². The third kappa shape index (κ3) is 5.82. The molecule has 0 saturated carbocycles. The largest absolute Gasteiger partial charge is 0.507 e. The van der Waals surface area contributed by atoms with Gasteiger partial charge in [-0.1, -0.05) is 28.1 Å². The molecule has 3 aromatic rings. The van der Waals surface area contributed by atoms with E-state index < -0.39 is 0 Å². The summed E-state index contributed by atoms with van der Waals surface area (Å²) in [6, 6.07) is 16.7. The van der Waals surface area contributed by atoms with Crippen LogP contribution in [0.25, 0.3) is 0 Å². The highest BCUT2D eigenvalue weighted by molar-refractivity contribution is 14.1. The second-order valence-electron chi connectivity index (χ2n) is 6.76. The van der Waals surface area contributed by atoms with Crippen molar-refractivity contribution in [3.05, 3.63) is 90.5 Å². The van der Waals surface area contributed by atoms with Crippen molar-refractivity contribution >= 4 is 50.6 Å². The zero-order valence-electron chi connectivity index (χ0n) is 16.4. The van der Waals surface area contributed by atoms with Gasteiger partial charge in [0.25, 0.3) is 5.91 Å². The number of aryl methyl sites for hydroxylation is 2. The molecular formula is C23H20BrIN2O3. The van der Waals surface area contributed by atoms with Gasteiger partial charge in [-0.2, -0.15) is 5.10 Å². The summed E-state index contributed by atoms with van der Waals surface area (Å²) in [5.74, 6) is 0.520. The lowest BCUT2D eigenvalue weighted by Crippen LogP contribution is -2.17. The van der Waals surface area contributed by atoms with Gasteiger partial charge in [0.1, 0.15) is 18.1 Å². The van der Waals surface area contributed by atoms with E-state index in [9.17, 15) is 9.90 Å². The summed E-state index contributed by atoms with van der Waals surface area (Å²) in [5.41, 5.74) is 6.74. The van der Waals surface area contributed by atoms with Gasteiger partial charge in [0.2, 0.25) is 0 Å². The van der Waals surface area contributed by atoms with Crippen molar-refractivity contribution in [1.29, 1.82) is 0 Å². The van der Waals surface area contributed by atoms with Gasteiger partial charge >= 0.3 is 0 Å². The third-order valence-electron chi connectivity index (χ3n) is 4.37. The minimum atomic E-state index is -0.388. The molecule has 0 fully saturated rings. The van der Waals surface area contributed by atoms with Crippen molar-refractivity contribution in [1.82, 2.24) is 5.43 Å². The summed E-state index contributed by atoms with van der Waals surface area (Å²) in [6.45, 7) is 4.45. The smallest absolute Gasteiger partial charge is 0.271 e. The van der Waals surface area contributed by atoms with Gasteiger partial charge < -0.3 is 9.84 Å². The predicted octanol–water partition coefficient (Wildman–Crippen LogP) is 5.72. The van der Waals surface area contributed by atoms with Gasteiger partial charge in [0.15, 0.2) is 0 Å². The normalized spacial score (nSPS) is 10.9. The van der Waals surface area contributed by atoms with Crippen LogP contribution in [0.1, 0.15) is 32.6 Å². The van der Waals surface area contributed by atoms with Crippen molar-refractivity contribution in [2.24, 2.45) is 5.10 Å². The molecule has 0 radical (unpaired) electrons. The lowest BCUT2D eigenvalue weighted by Gasteiger charge is -2.13. The second kappa shape index (κ2) is 10.1. The number of hydrazone groups is 1. The summed E-state index contributed by atoms with van der Waals surface area (Å²) < 4.78 is 7.73. The van der Waals surface area contributed by atoms with Crippen LogP contribution in [-0.4, -0.2) is 17.2 Å². The molecule has 0 unspecified atom stereocenters. The molecule has 7 heteroatoms. The first-order valence-electron chi connectivity index (χ1n) is 9.14. The van der Waals surface area contributed by atoms with Crippen LogP contribution < -0.4 is 10.2 Å². The lowest BCUT2D eigenvalue weighted by atomic mass is 10.1. The molecule has 1 amide bonds. The number of phenols is 1. The maximum atomic E-state index is 12.2. The number of halogens is 2. The van der Waals surface area contributed by atoms with E-state index in [2.05, 4.69) is 26.5 Å². The molecule has 0 bridgehead atoms. The van der Waals surface area contributed by atoms with Gasteiger partial charge in [-0.3, -0.25) is 4.79 Å². The standard InChI is InChI=1S/C23H20BrIN2O3/c1-14-9-17(12-26-27-23(29)18-5-8-20(25)21(28)11-18)10-15(2)22(14)30-13-16-3-6-19(24)7-4-16/h3-12,28H,13H2,1-2H3,(H,27,29)/b26-12-. The lowest BCUT2D eigenvalue weighted by molar-refractivity contribution is 0.0954. The topological polar surface area (TPSA) is 70.9 Å². The number of nitrogens with zero attached hydrogens (tertiary/aromatic N) is 1. The molecule has 0 aliphatic carbocycles. The average Bonchev–Trinajstić information content (AvgIpc) is 2.70.